The van der Waals surface area contributed by atoms with Crippen molar-refractivity contribution in [1.29, 1.82) is 0 Å². The average Bonchev–Trinajstić information content (AvgIpc) is 2.82. The van der Waals surface area contributed by atoms with Gasteiger partial charge in [0.05, 0.1) is 27.4 Å². The number of hydrogen-bond acceptors (Lipinski definition) is 8. The highest BCUT2D eigenvalue weighted by atomic mass is 16.7. The molecular formula is C25H34N2O6. The lowest BCUT2D eigenvalue weighted by Crippen LogP contribution is -2.39. The fourth-order valence-electron chi connectivity index (χ4n) is 4.08. The zero-order valence-corrected chi connectivity index (χ0v) is 20.0. The summed E-state index contributed by atoms with van der Waals surface area (Å²) in [5, 5.41) is 0. The Labute approximate surface area is 195 Å². The van der Waals surface area contributed by atoms with Crippen LogP contribution in [0.4, 0.5) is 0 Å². The second kappa shape index (κ2) is 10.6. The molecule has 8 heteroatoms. The maximum absolute atomic E-state index is 6.03. The van der Waals surface area contributed by atoms with Gasteiger partial charge in [0.25, 0.3) is 0 Å². The minimum Gasteiger partial charge on any atom is -0.493 e. The summed E-state index contributed by atoms with van der Waals surface area (Å²) < 4.78 is 34.6. The van der Waals surface area contributed by atoms with Gasteiger partial charge in [0.1, 0.15) is 13.5 Å². The lowest BCUT2D eigenvalue weighted by molar-refractivity contribution is -0.217. The van der Waals surface area contributed by atoms with Crippen LogP contribution in [0, 0.1) is 0 Å². The second-order valence-electron chi connectivity index (χ2n) is 8.65. The molecule has 0 saturated heterocycles. The predicted octanol–water partition coefficient (Wildman–Crippen LogP) is 3.48. The number of rotatable bonds is 10. The molecule has 2 aliphatic rings. The summed E-state index contributed by atoms with van der Waals surface area (Å²) in [4.78, 5) is 4.41. The molecule has 33 heavy (non-hydrogen) atoms. The largest absolute Gasteiger partial charge is 0.493 e. The van der Waals surface area contributed by atoms with Crippen LogP contribution in [0.1, 0.15) is 25.0 Å². The highest BCUT2D eigenvalue weighted by Crippen LogP contribution is 2.35. The van der Waals surface area contributed by atoms with Gasteiger partial charge in [-0.3, -0.25) is 9.80 Å². The average molecular weight is 459 g/mol. The van der Waals surface area contributed by atoms with Crippen molar-refractivity contribution in [1.82, 2.24) is 9.80 Å². The fraction of sp³-hybridized carbons (Fsp3) is 0.520. The van der Waals surface area contributed by atoms with Crippen LogP contribution in [0.2, 0.25) is 0 Å². The smallest absolute Gasteiger partial charge is 0.167 e. The molecule has 2 aromatic rings. The fourth-order valence-corrected chi connectivity index (χ4v) is 4.08. The van der Waals surface area contributed by atoms with Crippen molar-refractivity contribution in [2.24, 2.45) is 0 Å². The van der Waals surface area contributed by atoms with Gasteiger partial charge in [-0.05, 0) is 26.0 Å². The molecule has 0 aliphatic carbocycles. The van der Waals surface area contributed by atoms with Crippen LogP contribution in [-0.2, 0) is 22.6 Å². The molecule has 8 nitrogen and oxygen atoms in total. The number of fused-ring (bicyclic) bond motifs is 2. The Balaban J connectivity index is 1.17. The highest BCUT2D eigenvalue weighted by Gasteiger charge is 2.24. The Hall–Kier alpha value is -2.52. The zero-order valence-electron chi connectivity index (χ0n) is 20.0. The number of para-hydroxylation sites is 2. The van der Waals surface area contributed by atoms with Crippen LogP contribution in [0.25, 0.3) is 0 Å². The van der Waals surface area contributed by atoms with Gasteiger partial charge in [0, 0.05) is 37.3 Å². The maximum Gasteiger partial charge on any atom is 0.167 e. The molecule has 0 atom stereocenters. The number of hydrogen-bond donors (Lipinski definition) is 0. The normalized spacial score (nSPS) is 16.4. The summed E-state index contributed by atoms with van der Waals surface area (Å²) in [7, 11) is 3.32. The van der Waals surface area contributed by atoms with Crippen molar-refractivity contribution in [3.05, 3.63) is 47.5 Å². The van der Waals surface area contributed by atoms with E-state index in [4.69, 9.17) is 28.4 Å². The summed E-state index contributed by atoms with van der Waals surface area (Å²) in [5.41, 5.74) is 2.25. The summed E-state index contributed by atoms with van der Waals surface area (Å²) >= 11 is 0. The standard InChI is InChI=1S/C25H34N2O6/c1-25(2,32-13-11-26-15-19-7-5-9-21(28-3)23(19)30-17-26)33-14-12-27-16-20-8-6-10-22(29-4)24(20)31-18-27/h5-10H,11-18H2,1-4H3. The molecular weight excluding hydrogens is 424 g/mol. The van der Waals surface area contributed by atoms with E-state index in [0.29, 0.717) is 26.7 Å². The van der Waals surface area contributed by atoms with E-state index in [1.807, 2.05) is 38.1 Å². The summed E-state index contributed by atoms with van der Waals surface area (Å²) in [5.74, 6) is 2.56. The van der Waals surface area contributed by atoms with E-state index in [2.05, 4.69) is 21.9 Å². The second-order valence-corrected chi connectivity index (χ2v) is 8.65. The van der Waals surface area contributed by atoms with E-state index >= 15 is 0 Å². The SMILES string of the molecule is COc1cccc2c1OCN(CCOC(C)(C)OCCN1COc3c(cccc3OC)C1)C2. The van der Waals surface area contributed by atoms with Crippen molar-refractivity contribution in [3.63, 3.8) is 0 Å². The monoisotopic (exact) mass is 458 g/mol. The Bertz CT molecular complexity index is 862. The van der Waals surface area contributed by atoms with Crippen LogP contribution in [0.3, 0.4) is 0 Å². The van der Waals surface area contributed by atoms with E-state index in [-0.39, 0.29) is 0 Å². The van der Waals surface area contributed by atoms with Crippen LogP contribution in [-0.4, -0.2) is 69.6 Å². The third kappa shape index (κ3) is 5.89. The number of nitrogens with zero attached hydrogens (tertiary/aromatic N) is 2. The van der Waals surface area contributed by atoms with Crippen molar-refractivity contribution >= 4 is 0 Å². The molecule has 0 amide bonds. The molecule has 0 saturated carbocycles. The first-order valence-corrected chi connectivity index (χ1v) is 11.3. The third-order valence-electron chi connectivity index (χ3n) is 5.85. The molecule has 0 spiro atoms. The molecule has 0 N–H and O–H groups in total. The topological polar surface area (TPSA) is 61.9 Å². The highest BCUT2D eigenvalue weighted by molar-refractivity contribution is 5.48. The molecule has 0 radical (unpaired) electrons. The van der Waals surface area contributed by atoms with Crippen molar-refractivity contribution < 1.29 is 28.4 Å². The Morgan fingerprint density at radius 2 is 1.21 bits per heavy atom. The van der Waals surface area contributed by atoms with Gasteiger partial charge in [-0.2, -0.15) is 0 Å². The molecule has 0 fully saturated rings. The van der Waals surface area contributed by atoms with Gasteiger partial charge >= 0.3 is 0 Å². The molecule has 4 rings (SSSR count). The van der Waals surface area contributed by atoms with Crippen molar-refractivity contribution in [2.45, 2.75) is 32.7 Å². The molecule has 0 unspecified atom stereocenters. The van der Waals surface area contributed by atoms with E-state index in [9.17, 15) is 0 Å². The first-order chi connectivity index (χ1) is 16.0. The van der Waals surface area contributed by atoms with E-state index < -0.39 is 5.79 Å². The van der Waals surface area contributed by atoms with E-state index in [1.54, 1.807) is 14.2 Å². The lowest BCUT2D eigenvalue weighted by Gasteiger charge is -2.33. The van der Waals surface area contributed by atoms with Gasteiger partial charge in [-0.1, -0.05) is 24.3 Å². The third-order valence-corrected chi connectivity index (χ3v) is 5.85. The summed E-state index contributed by atoms with van der Waals surface area (Å²) in [6.45, 7) is 9.14. The summed E-state index contributed by atoms with van der Waals surface area (Å²) in [6.07, 6.45) is 0. The molecule has 0 bridgehead atoms. The number of benzene rings is 2. The quantitative estimate of drug-likeness (QED) is 0.502. The van der Waals surface area contributed by atoms with Gasteiger partial charge in [-0.15, -0.1) is 0 Å². The first-order valence-electron chi connectivity index (χ1n) is 11.3. The zero-order chi connectivity index (χ0) is 23.3. The van der Waals surface area contributed by atoms with Crippen molar-refractivity contribution in [2.75, 3.05) is 54.0 Å². The van der Waals surface area contributed by atoms with Gasteiger partial charge in [0.2, 0.25) is 0 Å². The molecule has 0 aromatic heterocycles. The maximum atomic E-state index is 6.03. The van der Waals surface area contributed by atoms with Gasteiger partial charge in [-0.25, -0.2) is 0 Å². The molecule has 2 aliphatic heterocycles. The van der Waals surface area contributed by atoms with Gasteiger partial charge < -0.3 is 28.4 Å². The van der Waals surface area contributed by atoms with Crippen molar-refractivity contribution in [3.8, 4) is 23.0 Å². The molecule has 180 valence electrons. The molecule has 2 aromatic carbocycles. The Kier molecular flexibility index (Phi) is 7.60. The Morgan fingerprint density at radius 3 is 1.64 bits per heavy atom. The predicted molar refractivity (Wildman–Crippen MR) is 124 cm³/mol. The van der Waals surface area contributed by atoms with Crippen LogP contribution in [0.15, 0.2) is 36.4 Å². The summed E-state index contributed by atoms with van der Waals surface area (Å²) in [6, 6.07) is 11.9. The minimum absolute atomic E-state index is 0.513. The Morgan fingerprint density at radius 1 is 0.758 bits per heavy atom. The van der Waals surface area contributed by atoms with Crippen LogP contribution in [0.5, 0.6) is 23.0 Å². The van der Waals surface area contributed by atoms with Crippen LogP contribution < -0.4 is 18.9 Å². The minimum atomic E-state index is -0.671. The number of methoxy groups -OCH3 is 2. The van der Waals surface area contributed by atoms with E-state index in [1.165, 1.54) is 0 Å². The van der Waals surface area contributed by atoms with Crippen LogP contribution >= 0.6 is 0 Å². The number of ether oxygens (including phenoxy) is 6. The molecule has 2 heterocycles. The van der Waals surface area contributed by atoms with Gasteiger partial charge in [0.15, 0.2) is 28.8 Å². The van der Waals surface area contributed by atoms with E-state index in [0.717, 1.165) is 60.3 Å². The first kappa shape index (κ1) is 23.6. The lowest BCUT2D eigenvalue weighted by atomic mass is 10.1.